The maximum Gasteiger partial charge on any atom is 0.355 e. The van der Waals surface area contributed by atoms with Crippen LogP contribution in [-0.4, -0.2) is 33.0 Å². The highest BCUT2D eigenvalue weighted by Crippen LogP contribution is 2.27. The van der Waals surface area contributed by atoms with Crippen LogP contribution in [0.15, 0.2) is 60.8 Å². The molecule has 0 saturated heterocycles. The van der Waals surface area contributed by atoms with Gasteiger partial charge in [-0.1, -0.05) is 37.6 Å². The molecule has 0 amide bonds. The molecule has 0 aliphatic heterocycles. The summed E-state index contributed by atoms with van der Waals surface area (Å²) in [4.78, 5) is 28.7. The van der Waals surface area contributed by atoms with Crippen LogP contribution in [0.5, 0.6) is 0 Å². The number of ether oxygens (including phenoxy) is 1. The average Bonchev–Trinajstić information content (AvgIpc) is 3.39. The van der Waals surface area contributed by atoms with Gasteiger partial charge in [0.1, 0.15) is 17.2 Å². The Labute approximate surface area is 187 Å². The second-order valence-corrected chi connectivity index (χ2v) is 7.72. The van der Waals surface area contributed by atoms with E-state index in [2.05, 4.69) is 18.0 Å². The predicted octanol–water partition coefficient (Wildman–Crippen LogP) is 5.21. The van der Waals surface area contributed by atoms with Crippen LogP contribution in [-0.2, 0) is 17.7 Å². The Bertz CT molecular complexity index is 1240. The SMILES string of the molecule is CCCCc1ncc(C=O)n1Cc1ccc2c(c1)cc(C(=O)OCC)n2-c1ccccc1. The first kappa shape index (κ1) is 21.6. The van der Waals surface area contributed by atoms with Gasteiger partial charge in [-0.15, -0.1) is 0 Å². The van der Waals surface area contributed by atoms with Crippen molar-refractivity contribution in [3.63, 3.8) is 0 Å². The number of fused-ring (bicyclic) bond motifs is 1. The summed E-state index contributed by atoms with van der Waals surface area (Å²) in [5, 5.41) is 0.942. The summed E-state index contributed by atoms with van der Waals surface area (Å²) in [5.74, 6) is 0.567. The summed E-state index contributed by atoms with van der Waals surface area (Å²) in [6.07, 6.45) is 5.42. The molecule has 164 valence electrons. The van der Waals surface area contributed by atoms with E-state index in [1.807, 2.05) is 57.7 Å². The maximum atomic E-state index is 12.7. The van der Waals surface area contributed by atoms with Crippen LogP contribution in [0.1, 0.15) is 59.1 Å². The van der Waals surface area contributed by atoms with Gasteiger partial charge in [0.25, 0.3) is 0 Å². The Morgan fingerprint density at radius 1 is 1.09 bits per heavy atom. The highest BCUT2D eigenvalue weighted by molar-refractivity contribution is 5.97. The predicted molar refractivity (Wildman–Crippen MR) is 125 cm³/mol. The molecule has 0 bridgehead atoms. The summed E-state index contributed by atoms with van der Waals surface area (Å²) < 4.78 is 9.21. The minimum atomic E-state index is -0.353. The molecule has 0 aliphatic rings. The fourth-order valence-electron chi connectivity index (χ4n) is 4.00. The van der Waals surface area contributed by atoms with E-state index in [1.54, 1.807) is 13.1 Å². The van der Waals surface area contributed by atoms with Gasteiger partial charge in [-0.2, -0.15) is 0 Å². The highest BCUT2D eigenvalue weighted by atomic mass is 16.5. The molecule has 0 fully saturated rings. The molecule has 4 aromatic rings. The monoisotopic (exact) mass is 429 g/mol. The van der Waals surface area contributed by atoms with Gasteiger partial charge in [0, 0.05) is 24.0 Å². The number of unbranched alkanes of at least 4 members (excludes halogenated alkanes) is 1. The second kappa shape index (κ2) is 9.64. The number of aromatic nitrogens is 3. The third kappa shape index (κ3) is 4.21. The van der Waals surface area contributed by atoms with Crippen LogP contribution >= 0.6 is 0 Å². The topological polar surface area (TPSA) is 66.1 Å². The molecule has 0 aliphatic carbocycles. The quantitative estimate of drug-likeness (QED) is 0.271. The smallest absolute Gasteiger partial charge is 0.355 e. The van der Waals surface area contributed by atoms with Crippen LogP contribution in [0.4, 0.5) is 0 Å². The Balaban J connectivity index is 1.77. The number of imidazole rings is 1. The minimum Gasteiger partial charge on any atom is -0.461 e. The van der Waals surface area contributed by atoms with E-state index in [4.69, 9.17) is 4.74 Å². The molecule has 2 aromatic carbocycles. The Kier molecular flexibility index (Phi) is 6.50. The Hall–Kier alpha value is -3.67. The zero-order chi connectivity index (χ0) is 22.5. The van der Waals surface area contributed by atoms with Crippen LogP contribution in [0.25, 0.3) is 16.6 Å². The van der Waals surface area contributed by atoms with E-state index in [0.717, 1.165) is 53.5 Å². The summed E-state index contributed by atoms with van der Waals surface area (Å²) in [7, 11) is 0. The molecule has 4 rings (SSSR count). The standard InChI is InChI=1S/C26H27N3O3/c1-3-5-11-25-27-16-22(18-30)28(25)17-19-12-13-23-20(14-19)15-24(26(31)32-4-2)29(23)21-9-7-6-8-10-21/h6-10,12-16,18H,3-5,11,17H2,1-2H3. The number of nitrogens with zero attached hydrogens (tertiary/aromatic N) is 3. The van der Waals surface area contributed by atoms with Crippen LogP contribution in [0, 0.1) is 0 Å². The van der Waals surface area contributed by atoms with Crippen molar-refractivity contribution in [3.8, 4) is 5.69 Å². The molecule has 32 heavy (non-hydrogen) atoms. The highest BCUT2D eigenvalue weighted by Gasteiger charge is 2.18. The molecular weight excluding hydrogens is 402 g/mol. The van der Waals surface area contributed by atoms with Gasteiger partial charge in [-0.25, -0.2) is 9.78 Å². The lowest BCUT2D eigenvalue weighted by Gasteiger charge is -2.12. The third-order valence-electron chi connectivity index (χ3n) is 5.55. The van der Waals surface area contributed by atoms with Crippen LogP contribution < -0.4 is 0 Å². The number of benzene rings is 2. The molecular formula is C26H27N3O3. The van der Waals surface area contributed by atoms with Gasteiger partial charge < -0.3 is 13.9 Å². The van der Waals surface area contributed by atoms with Gasteiger partial charge in [-0.05, 0) is 49.2 Å². The zero-order valence-electron chi connectivity index (χ0n) is 18.5. The molecule has 2 aromatic heterocycles. The van der Waals surface area contributed by atoms with Crippen molar-refractivity contribution >= 4 is 23.2 Å². The molecule has 6 nitrogen and oxygen atoms in total. The largest absolute Gasteiger partial charge is 0.461 e. The van der Waals surface area contributed by atoms with E-state index in [-0.39, 0.29) is 5.97 Å². The van der Waals surface area contributed by atoms with Crippen molar-refractivity contribution < 1.29 is 14.3 Å². The number of carbonyl (C=O) groups excluding carboxylic acids is 2. The molecule has 0 spiro atoms. The van der Waals surface area contributed by atoms with Gasteiger partial charge in [0.05, 0.1) is 18.3 Å². The van der Waals surface area contributed by atoms with Crippen LogP contribution in [0.3, 0.4) is 0 Å². The minimum absolute atomic E-state index is 0.316. The van der Waals surface area contributed by atoms with Gasteiger partial charge in [0.15, 0.2) is 6.29 Å². The first-order valence-electron chi connectivity index (χ1n) is 11.0. The van der Waals surface area contributed by atoms with Crippen molar-refractivity contribution in [2.75, 3.05) is 6.61 Å². The lowest BCUT2D eigenvalue weighted by atomic mass is 10.1. The Morgan fingerprint density at radius 3 is 2.62 bits per heavy atom. The fraction of sp³-hybridized carbons (Fsp3) is 0.269. The fourth-order valence-corrected chi connectivity index (χ4v) is 4.00. The van der Waals surface area contributed by atoms with E-state index in [1.165, 1.54) is 0 Å². The normalized spacial score (nSPS) is 11.1. The molecule has 0 unspecified atom stereocenters. The molecule has 0 saturated carbocycles. The third-order valence-corrected chi connectivity index (χ3v) is 5.55. The molecule has 0 atom stereocenters. The average molecular weight is 430 g/mol. The van der Waals surface area contributed by atoms with Crippen molar-refractivity contribution in [3.05, 3.63) is 83.6 Å². The summed E-state index contributed by atoms with van der Waals surface area (Å²) in [6.45, 7) is 4.81. The molecule has 0 radical (unpaired) electrons. The second-order valence-electron chi connectivity index (χ2n) is 7.72. The van der Waals surface area contributed by atoms with E-state index < -0.39 is 0 Å². The van der Waals surface area contributed by atoms with Crippen LogP contribution in [0.2, 0.25) is 0 Å². The van der Waals surface area contributed by atoms with Crippen molar-refractivity contribution in [2.24, 2.45) is 0 Å². The summed E-state index contributed by atoms with van der Waals surface area (Å²) in [6, 6.07) is 17.8. The number of aldehydes is 1. The van der Waals surface area contributed by atoms with E-state index in [0.29, 0.717) is 24.5 Å². The number of hydrogen-bond donors (Lipinski definition) is 0. The summed E-state index contributed by atoms with van der Waals surface area (Å²) >= 11 is 0. The number of hydrogen-bond acceptors (Lipinski definition) is 4. The van der Waals surface area contributed by atoms with E-state index in [9.17, 15) is 9.59 Å². The van der Waals surface area contributed by atoms with Crippen molar-refractivity contribution in [2.45, 2.75) is 39.7 Å². The van der Waals surface area contributed by atoms with E-state index >= 15 is 0 Å². The maximum absolute atomic E-state index is 12.7. The molecule has 0 N–H and O–H groups in total. The van der Waals surface area contributed by atoms with Gasteiger partial charge >= 0.3 is 5.97 Å². The number of aryl methyl sites for hydroxylation is 1. The van der Waals surface area contributed by atoms with Gasteiger partial charge in [0.2, 0.25) is 0 Å². The van der Waals surface area contributed by atoms with Gasteiger partial charge in [-0.3, -0.25) is 4.79 Å². The lowest BCUT2D eigenvalue weighted by Crippen LogP contribution is -2.10. The summed E-state index contributed by atoms with van der Waals surface area (Å²) in [5.41, 5.74) is 3.93. The first-order valence-corrected chi connectivity index (χ1v) is 11.0. The number of rotatable bonds is 9. The number of carbonyl (C=O) groups is 2. The van der Waals surface area contributed by atoms with Crippen molar-refractivity contribution in [1.82, 2.24) is 14.1 Å². The molecule has 2 heterocycles. The number of para-hydroxylation sites is 1. The first-order chi connectivity index (χ1) is 15.7. The zero-order valence-corrected chi connectivity index (χ0v) is 18.5. The molecule has 6 heteroatoms. The Morgan fingerprint density at radius 2 is 1.91 bits per heavy atom. The lowest BCUT2D eigenvalue weighted by molar-refractivity contribution is 0.0517. The van der Waals surface area contributed by atoms with Crippen molar-refractivity contribution in [1.29, 1.82) is 0 Å². The number of esters is 1.